The largest absolute Gasteiger partial charge is 0.396 e. The average molecular weight is 308 g/mol. The Balaban J connectivity index is 0. The molecule has 0 saturated carbocycles. The van der Waals surface area contributed by atoms with Crippen LogP contribution in [0.25, 0.3) is 0 Å². The molecule has 0 aromatic carbocycles. The van der Waals surface area contributed by atoms with Gasteiger partial charge in [0.05, 0.1) is 18.8 Å². The van der Waals surface area contributed by atoms with Gasteiger partial charge in [0.1, 0.15) is 6.10 Å². The molecule has 0 fully saturated rings. The molecular formula is C16H36O5. The van der Waals surface area contributed by atoms with Crippen molar-refractivity contribution in [3.63, 3.8) is 0 Å². The Morgan fingerprint density at radius 2 is 1.43 bits per heavy atom. The second-order valence-electron chi connectivity index (χ2n) is 5.54. The predicted octanol–water partition coefficient (Wildman–Crippen LogP) is 1.45. The molecule has 0 saturated heterocycles. The molecule has 0 aliphatic rings. The second-order valence-corrected chi connectivity index (χ2v) is 5.54. The molecule has 0 spiro atoms. The molecule has 0 aliphatic heterocycles. The van der Waals surface area contributed by atoms with Crippen LogP contribution in [-0.2, 0) is 0 Å². The van der Waals surface area contributed by atoms with E-state index in [9.17, 15) is 10.2 Å². The van der Waals surface area contributed by atoms with Crippen LogP contribution < -0.4 is 0 Å². The van der Waals surface area contributed by atoms with Crippen LogP contribution in [0.4, 0.5) is 0 Å². The van der Waals surface area contributed by atoms with Crippen molar-refractivity contribution in [2.45, 2.75) is 84.0 Å². The molecule has 0 rings (SSSR count). The minimum absolute atomic E-state index is 0.0923. The SMILES string of the molecule is CCC(O)CCO.CCCCC(CC)CC(O)C(O)CO. The van der Waals surface area contributed by atoms with Gasteiger partial charge in [0.2, 0.25) is 0 Å². The average Bonchev–Trinajstić information content (AvgIpc) is 2.50. The number of aliphatic hydroxyl groups is 5. The number of unbranched alkanes of at least 4 members (excludes halogenated alkanes) is 1. The first-order chi connectivity index (χ1) is 9.96. The zero-order valence-electron chi connectivity index (χ0n) is 13.9. The molecule has 0 radical (unpaired) electrons. The first kappa shape index (κ1) is 23.1. The van der Waals surface area contributed by atoms with Gasteiger partial charge in [0, 0.05) is 6.61 Å². The molecule has 130 valence electrons. The van der Waals surface area contributed by atoms with Crippen molar-refractivity contribution in [2.75, 3.05) is 13.2 Å². The summed E-state index contributed by atoms with van der Waals surface area (Å²) in [7, 11) is 0. The van der Waals surface area contributed by atoms with Crippen molar-refractivity contribution in [3.8, 4) is 0 Å². The van der Waals surface area contributed by atoms with Crippen molar-refractivity contribution in [3.05, 3.63) is 0 Å². The minimum Gasteiger partial charge on any atom is -0.396 e. The van der Waals surface area contributed by atoms with Gasteiger partial charge in [0.25, 0.3) is 0 Å². The molecule has 0 aliphatic carbocycles. The van der Waals surface area contributed by atoms with E-state index in [2.05, 4.69) is 13.8 Å². The lowest BCUT2D eigenvalue weighted by atomic mass is 9.91. The van der Waals surface area contributed by atoms with Crippen molar-refractivity contribution in [1.82, 2.24) is 0 Å². The van der Waals surface area contributed by atoms with E-state index in [4.69, 9.17) is 15.3 Å². The van der Waals surface area contributed by atoms with Crippen molar-refractivity contribution >= 4 is 0 Å². The van der Waals surface area contributed by atoms with Crippen molar-refractivity contribution in [2.24, 2.45) is 5.92 Å². The van der Waals surface area contributed by atoms with E-state index < -0.39 is 12.2 Å². The Hall–Kier alpha value is -0.200. The van der Waals surface area contributed by atoms with Crippen LogP contribution in [0.15, 0.2) is 0 Å². The lowest BCUT2D eigenvalue weighted by Crippen LogP contribution is -2.31. The fraction of sp³-hybridized carbons (Fsp3) is 1.00. The van der Waals surface area contributed by atoms with Crippen LogP contribution in [0, 0.1) is 5.92 Å². The zero-order valence-corrected chi connectivity index (χ0v) is 13.9. The van der Waals surface area contributed by atoms with Crippen LogP contribution in [0.1, 0.15) is 65.7 Å². The molecule has 5 heteroatoms. The van der Waals surface area contributed by atoms with Gasteiger partial charge in [0.15, 0.2) is 0 Å². The number of hydrogen-bond acceptors (Lipinski definition) is 5. The predicted molar refractivity (Wildman–Crippen MR) is 85.0 cm³/mol. The fourth-order valence-electron chi connectivity index (χ4n) is 1.95. The van der Waals surface area contributed by atoms with Gasteiger partial charge in [-0.2, -0.15) is 0 Å². The summed E-state index contributed by atoms with van der Waals surface area (Å²) < 4.78 is 0. The summed E-state index contributed by atoms with van der Waals surface area (Å²) in [6, 6.07) is 0. The maximum Gasteiger partial charge on any atom is 0.103 e. The van der Waals surface area contributed by atoms with E-state index >= 15 is 0 Å². The van der Waals surface area contributed by atoms with Gasteiger partial charge < -0.3 is 25.5 Å². The molecular weight excluding hydrogens is 272 g/mol. The van der Waals surface area contributed by atoms with E-state index in [0.29, 0.717) is 18.8 Å². The highest BCUT2D eigenvalue weighted by Crippen LogP contribution is 2.19. The van der Waals surface area contributed by atoms with Gasteiger partial charge in [-0.25, -0.2) is 0 Å². The highest BCUT2D eigenvalue weighted by molar-refractivity contribution is 4.70. The summed E-state index contributed by atoms with van der Waals surface area (Å²) >= 11 is 0. The highest BCUT2D eigenvalue weighted by atomic mass is 16.4. The molecule has 5 N–H and O–H groups in total. The zero-order chi connectivity index (χ0) is 16.7. The lowest BCUT2D eigenvalue weighted by molar-refractivity contribution is -0.0256. The van der Waals surface area contributed by atoms with Gasteiger partial charge >= 0.3 is 0 Å². The molecule has 4 atom stereocenters. The summed E-state index contributed by atoms with van der Waals surface area (Å²) in [5.41, 5.74) is 0. The maximum absolute atomic E-state index is 9.51. The molecule has 0 amide bonds. The third kappa shape index (κ3) is 14.5. The van der Waals surface area contributed by atoms with Gasteiger partial charge in [-0.15, -0.1) is 0 Å². The quantitative estimate of drug-likeness (QED) is 0.398. The molecule has 5 nitrogen and oxygen atoms in total. The van der Waals surface area contributed by atoms with Crippen molar-refractivity contribution in [1.29, 1.82) is 0 Å². The standard InChI is InChI=1S/C11H24O3.C5H12O2/c1-3-5-6-9(4-2)7-10(13)11(14)8-12;1-2-5(7)3-4-6/h9-14H,3-8H2,1-2H3;5-7H,2-4H2,1H3. The molecule has 0 heterocycles. The van der Waals surface area contributed by atoms with Crippen LogP contribution in [0.5, 0.6) is 0 Å². The Kier molecular flexibility index (Phi) is 17.8. The van der Waals surface area contributed by atoms with Crippen LogP contribution in [0.3, 0.4) is 0 Å². The highest BCUT2D eigenvalue weighted by Gasteiger charge is 2.19. The monoisotopic (exact) mass is 308 g/mol. The molecule has 0 aromatic heterocycles. The summed E-state index contributed by atoms with van der Waals surface area (Å²) in [6.45, 7) is 5.87. The third-order valence-electron chi connectivity index (χ3n) is 3.68. The maximum atomic E-state index is 9.51. The van der Waals surface area contributed by atoms with Crippen molar-refractivity contribution < 1.29 is 25.5 Å². The van der Waals surface area contributed by atoms with E-state index in [0.717, 1.165) is 25.7 Å². The molecule has 21 heavy (non-hydrogen) atoms. The Morgan fingerprint density at radius 1 is 0.810 bits per heavy atom. The van der Waals surface area contributed by atoms with Crippen LogP contribution >= 0.6 is 0 Å². The fourth-order valence-corrected chi connectivity index (χ4v) is 1.95. The van der Waals surface area contributed by atoms with Gasteiger partial charge in [-0.3, -0.25) is 0 Å². The number of aliphatic hydroxyl groups excluding tert-OH is 5. The van der Waals surface area contributed by atoms with Crippen LogP contribution in [-0.4, -0.2) is 57.1 Å². The third-order valence-corrected chi connectivity index (χ3v) is 3.68. The van der Waals surface area contributed by atoms with E-state index in [1.54, 1.807) is 0 Å². The first-order valence-electron chi connectivity index (χ1n) is 8.22. The van der Waals surface area contributed by atoms with E-state index in [-0.39, 0.29) is 19.3 Å². The lowest BCUT2D eigenvalue weighted by Gasteiger charge is -2.21. The number of rotatable bonds is 11. The molecule has 4 unspecified atom stereocenters. The van der Waals surface area contributed by atoms with Crippen LogP contribution in [0.2, 0.25) is 0 Å². The Labute approximate surface area is 129 Å². The second kappa shape index (κ2) is 16.2. The number of hydrogen-bond donors (Lipinski definition) is 5. The van der Waals surface area contributed by atoms with E-state index in [1.807, 2.05) is 6.92 Å². The molecule has 0 bridgehead atoms. The topological polar surface area (TPSA) is 101 Å². The Morgan fingerprint density at radius 3 is 1.76 bits per heavy atom. The van der Waals surface area contributed by atoms with E-state index in [1.165, 1.54) is 6.42 Å². The summed E-state index contributed by atoms with van der Waals surface area (Å²) in [6.07, 6.45) is 4.24. The normalized spacial score (nSPS) is 16.6. The smallest absolute Gasteiger partial charge is 0.103 e. The summed E-state index contributed by atoms with van der Waals surface area (Å²) in [5, 5.41) is 44.3. The minimum atomic E-state index is -0.981. The summed E-state index contributed by atoms with van der Waals surface area (Å²) in [4.78, 5) is 0. The van der Waals surface area contributed by atoms with Gasteiger partial charge in [-0.05, 0) is 25.2 Å². The van der Waals surface area contributed by atoms with Gasteiger partial charge in [-0.1, -0.05) is 46.5 Å². The first-order valence-corrected chi connectivity index (χ1v) is 8.22. The summed E-state index contributed by atoms with van der Waals surface area (Å²) in [5.74, 6) is 0.464. The molecule has 0 aromatic rings. The Bertz CT molecular complexity index is 201.